The first-order valence-electron chi connectivity index (χ1n) is 3.99. The van der Waals surface area contributed by atoms with E-state index in [1.165, 1.54) is 0 Å². The van der Waals surface area contributed by atoms with Crippen LogP contribution in [0.5, 0.6) is 0 Å². The fourth-order valence-corrected chi connectivity index (χ4v) is 0.902. The molecular weight excluding hydrogens is 188 g/mol. The summed E-state index contributed by atoms with van der Waals surface area (Å²) in [5.41, 5.74) is 5.26. The van der Waals surface area contributed by atoms with Gasteiger partial charge in [-0.1, -0.05) is 11.8 Å². The third kappa shape index (κ3) is 2.44. The summed E-state index contributed by atoms with van der Waals surface area (Å²) >= 11 is 0. The Hall–Kier alpha value is -1.60. The molecule has 0 aromatic heterocycles. The van der Waals surface area contributed by atoms with Crippen LogP contribution in [0.25, 0.3) is 0 Å². The van der Waals surface area contributed by atoms with E-state index >= 15 is 0 Å². The minimum atomic E-state index is -0.821. The molecule has 0 fully saturated rings. The van der Waals surface area contributed by atoms with E-state index in [1.807, 2.05) is 0 Å². The van der Waals surface area contributed by atoms with Crippen molar-refractivity contribution in [1.29, 1.82) is 0 Å². The van der Waals surface area contributed by atoms with E-state index in [0.717, 1.165) is 6.07 Å². The summed E-state index contributed by atoms with van der Waals surface area (Å²) in [4.78, 5) is 0. The number of nitrogens with two attached hydrogens (primary N) is 1. The van der Waals surface area contributed by atoms with Crippen LogP contribution in [0.1, 0.15) is 12.0 Å². The number of hydrogen-bond acceptors (Lipinski definition) is 2. The van der Waals surface area contributed by atoms with Gasteiger partial charge >= 0.3 is 0 Å². The van der Waals surface area contributed by atoms with Crippen LogP contribution in [0.3, 0.4) is 0 Å². The SMILES string of the molecule is Nc1c(F)cc(F)cc1C#CCCO. The lowest BCUT2D eigenvalue weighted by atomic mass is 10.1. The van der Waals surface area contributed by atoms with Gasteiger partial charge < -0.3 is 10.8 Å². The quantitative estimate of drug-likeness (QED) is 0.526. The summed E-state index contributed by atoms with van der Waals surface area (Å²) in [5.74, 6) is 3.48. The lowest BCUT2D eigenvalue weighted by Crippen LogP contribution is -1.96. The fourth-order valence-electron chi connectivity index (χ4n) is 0.902. The summed E-state index contributed by atoms with van der Waals surface area (Å²) in [6.07, 6.45) is 0.248. The molecule has 14 heavy (non-hydrogen) atoms. The number of halogens is 2. The fraction of sp³-hybridized carbons (Fsp3) is 0.200. The third-order valence-electron chi connectivity index (χ3n) is 1.55. The lowest BCUT2D eigenvalue weighted by Gasteiger charge is -1.99. The molecule has 1 aromatic rings. The normalized spacial score (nSPS) is 9.36. The second-order valence-corrected chi connectivity index (χ2v) is 2.62. The van der Waals surface area contributed by atoms with E-state index in [-0.39, 0.29) is 24.3 Å². The van der Waals surface area contributed by atoms with Gasteiger partial charge in [-0.05, 0) is 6.07 Å². The summed E-state index contributed by atoms with van der Waals surface area (Å²) in [6, 6.07) is 1.76. The van der Waals surface area contributed by atoms with Crippen molar-refractivity contribution in [3.63, 3.8) is 0 Å². The minimum absolute atomic E-state index is 0.0926. The Morgan fingerprint density at radius 1 is 1.36 bits per heavy atom. The first kappa shape index (κ1) is 10.5. The predicted octanol–water partition coefficient (Wildman–Crippen LogP) is 1.28. The molecule has 0 saturated carbocycles. The molecule has 0 saturated heterocycles. The number of anilines is 1. The van der Waals surface area contributed by atoms with Crippen molar-refractivity contribution in [2.75, 3.05) is 12.3 Å². The monoisotopic (exact) mass is 197 g/mol. The molecule has 3 N–H and O–H groups in total. The van der Waals surface area contributed by atoms with Crippen molar-refractivity contribution in [2.24, 2.45) is 0 Å². The zero-order valence-electron chi connectivity index (χ0n) is 7.35. The standard InChI is InChI=1S/C10H9F2NO/c11-8-5-7(3-1-2-4-14)10(13)9(12)6-8/h5-6,14H,2,4,13H2. The van der Waals surface area contributed by atoms with Crippen molar-refractivity contribution >= 4 is 5.69 Å². The average Bonchev–Trinajstić information content (AvgIpc) is 2.13. The van der Waals surface area contributed by atoms with Crippen molar-refractivity contribution in [1.82, 2.24) is 0 Å². The third-order valence-corrected chi connectivity index (χ3v) is 1.55. The topological polar surface area (TPSA) is 46.2 Å². The predicted molar refractivity (Wildman–Crippen MR) is 49.4 cm³/mol. The van der Waals surface area contributed by atoms with Gasteiger partial charge in [-0.2, -0.15) is 0 Å². The number of rotatable bonds is 1. The molecule has 1 aromatic carbocycles. The first-order chi connectivity index (χ1) is 6.65. The van der Waals surface area contributed by atoms with Crippen molar-refractivity contribution in [2.45, 2.75) is 6.42 Å². The van der Waals surface area contributed by atoms with E-state index in [2.05, 4.69) is 11.8 Å². The Bertz CT molecular complexity index is 393. The van der Waals surface area contributed by atoms with Crippen LogP contribution in [-0.2, 0) is 0 Å². The highest BCUT2D eigenvalue weighted by atomic mass is 19.1. The van der Waals surface area contributed by atoms with Crippen LogP contribution in [0, 0.1) is 23.5 Å². The number of benzene rings is 1. The van der Waals surface area contributed by atoms with E-state index < -0.39 is 11.6 Å². The van der Waals surface area contributed by atoms with E-state index in [4.69, 9.17) is 10.8 Å². The molecule has 0 aliphatic heterocycles. The maximum Gasteiger partial charge on any atom is 0.150 e. The number of hydrogen-bond donors (Lipinski definition) is 2. The highest BCUT2D eigenvalue weighted by Crippen LogP contribution is 2.16. The number of nitrogen functional groups attached to an aromatic ring is 1. The molecule has 74 valence electrons. The minimum Gasteiger partial charge on any atom is -0.395 e. The van der Waals surface area contributed by atoms with Gasteiger partial charge in [-0.3, -0.25) is 0 Å². The molecule has 4 heteroatoms. The second kappa shape index (κ2) is 4.58. The van der Waals surface area contributed by atoms with E-state index in [0.29, 0.717) is 6.07 Å². The molecule has 0 amide bonds. The maximum atomic E-state index is 12.9. The highest BCUT2D eigenvalue weighted by molar-refractivity contribution is 5.56. The van der Waals surface area contributed by atoms with Crippen LogP contribution in [0.15, 0.2) is 12.1 Å². The van der Waals surface area contributed by atoms with E-state index in [1.54, 1.807) is 0 Å². The Kier molecular flexibility index (Phi) is 3.43. The molecule has 0 bridgehead atoms. The van der Waals surface area contributed by atoms with Crippen LogP contribution < -0.4 is 5.73 Å². The largest absolute Gasteiger partial charge is 0.395 e. The maximum absolute atomic E-state index is 12.9. The van der Waals surface area contributed by atoms with Crippen molar-refractivity contribution in [3.8, 4) is 11.8 Å². The Morgan fingerprint density at radius 2 is 2.07 bits per heavy atom. The van der Waals surface area contributed by atoms with Gasteiger partial charge in [0.2, 0.25) is 0 Å². The Morgan fingerprint density at radius 3 is 2.71 bits per heavy atom. The molecule has 0 spiro atoms. The van der Waals surface area contributed by atoms with Crippen LogP contribution in [0.2, 0.25) is 0 Å². The summed E-state index contributed by atoms with van der Waals surface area (Å²) in [6.45, 7) is -0.0926. The average molecular weight is 197 g/mol. The molecule has 0 unspecified atom stereocenters. The van der Waals surface area contributed by atoms with Gasteiger partial charge in [0.1, 0.15) is 11.6 Å². The molecule has 0 aliphatic rings. The Balaban J connectivity index is 3.04. The van der Waals surface area contributed by atoms with Gasteiger partial charge in [0.15, 0.2) is 0 Å². The zero-order chi connectivity index (χ0) is 10.6. The molecule has 0 aliphatic carbocycles. The zero-order valence-corrected chi connectivity index (χ0v) is 7.35. The summed E-state index contributed by atoms with van der Waals surface area (Å²) in [7, 11) is 0. The molecule has 0 radical (unpaired) electrons. The van der Waals surface area contributed by atoms with Gasteiger partial charge in [-0.25, -0.2) is 8.78 Å². The van der Waals surface area contributed by atoms with Gasteiger partial charge in [0.05, 0.1) is 17.9 Å². The first-order valence-corrected chi connectivity index (χ1v) is 3.99. The number of aliphatic hydroxyl groups excluding tert-OH is 1. The smallest absolute Gasteiger partial charge is 0.150 e. The van der Waals surface area contributed by atoms with Crippen LogP contribution in [-0.4, -0.2) is 11.7 Å². The molecule has 2 nitrogen and oxygen atoms in total. The van der Waals surface area contributed by atoms with Gasteiger partial charge in [0.25, 0.3) is 0 Å². The molecule has 0 atom stereocenters. The van der Waals surface area contributed by atoms with Gasteiger partial charge in [-0.15, -0.1) is 0 Å². The summed E-state index contributed by atoms with van der Waals surface area (Å²) < 4.78 is 25.6. The summed E-state index contributed by atoms with van der Waals surface area (Å²) in [5, 5.41) is 8.44. The van der Waals surface area contributed by atoms with Crippen LogP contribution in [0.4, 0.5) is 14.5 Å². The van der Waals surface area contributed by atoms with Crippen molar-refractivity contribution < 1.29 is 13.9 Å². The van der Waals surface area contributed by atoms with Gasteiger partial charge in [0, 0.05) is 12.5 Å². The van der Waals surface area contributed by atoms with Crippen molar-refractivity contribution in [3.05, 3.63) is 29.3 Å². The number of aliphatic hydroxyl groups is 1. The Labute approximate surface area is 80.4 Å². The van der Waals surface area contributed by atoms with Crippen LogP contribution >= 0.6 is 0 Å². The second-order valence-electron chi connectivity index (χ2n) is 2.62. The van der Waals surface area contributed by atoms with E-state index in [9.17, 15) is 8.78 Å². The molecule has 0 heterocycles. The lowest BCUT2D eigenvalue weighted by molar-refractivity contribution is 0.305. The molecule has 1 rings (SSSR count). The highest BCUT2D eigenvalue weighted by Gasteiger charge is 2.05. The molecular formula is C10H9F2NO.